The number of nitriles is 1. The fourth-order valence-corrected chi connectivity index (χ4v) is 1.74. The number of carbonyl (C=O) groups excluding carboxylic acids is 2. The first kappa shape index (κ1) is 11.5. The van der Waals surface area contributed by atoms with Crippen molar-refractivity contribution in [1.82, 2.24) is 10.2 Å². The van der Waals surface area contributed by atoms with Gasteiger partial charge in [0.05, 0.1) is 6.07 Å². The van der Waals surface area contributed by atoms with Gasteiger partial charge in [-0.05, 0) is 12.8 Å². The van der Waals surface area contributed by atoms with Gasteiger partial charge in [0.25, 0.3) is 0 Å². The minimum atomic E-state index is -0.112. The summed E-state index contributed by atoms with van der Waals surface area (Å²) in [5.74, 6) is -0.143. The molecule has 1 heterocycles. The first-order valence-electron chi connectivity index (χ1n) is 5.05. The Balaban J connectivity index is 2.33. The number of nitrogens with one attached hydrogen (secondary N) is 1. The molecule has 0 spiro atoms. The predicted octanol–water partition coefficient (Wildman–Crippen LogP) is 0.0272. The summed E-state index contributed by atoms with van der Waals surface area (Å²) in [6.45, 7) is 2.75. The molecule has 1 rings (SSSR count). The second kappa shape index (κ2) is 5.35. The summed E-state index contributed by atoms with van der Waals surface area (Å²) in [4.78, 5) is 23.8. The minimum Gasteiger partial charge on any atom is -0.353 e. The lowest BCUT2D eigenvalue weighted by atomic mass is 10.0. The standard InChI is InChI=1S/C10H15N3O2/c1-8(14)12-9-3-6-13(7-4-9)10(15)2-5-11/h9H,2-4,6-7H2,1H3,(H,12,14). The molecule has 0 atom stereocenters. The van der Waals surface area contributed by atoms with Crippen molar-refractivity contribution in [2.24, 2.45) is 0 Å². The zero-order valence-corrected chi connectivity index (χ0v) is 8.82. The number of hydrogen-bond donors (Lipinski definition) is 1. The zero-order chi connectivity index (χ0) is 11.3. The van der Waals surface area contributed by atoms with E-state index in [4.69, 9.17) is 5.26 Å². The molecular formula is C10H15N3O2. The van der Waals surface area contributed by atoms with E-state index in [1.54, 1.807) is 4.90 Å². The highest BCUT2D eigenvalue weighted by molar-refractivity contribution is 5.78. The van der Waals surface area contributed by atoms with Crippen LogP contribution in [-0.4, -0.2) is 35.8 Å². The minimum absolute atomic E-state index is 0.0307. The molecule has 1 fully saturated rings. The van der Waals surface area contributed by atoms with E-state index >= 15 is 0 Å². The Morgan fingerprint density at radius 1 is 1.47 bits per heavy atom. The Bertz CT molecular complexity index is 288. The molecule has 1 aliphatic rings. The first-order valence-corrected chi connectivity index (χ1v) is 5.05. The van der Waals surface area contributed by atoms with Crippen molar-refractivity contribution in [3.8, 4) is 6.07 Å². The molecule has 0 aromatic carbocycles. The lowest BCUT2D eigenvalue weighted by Gasteiger charge is -2.31. The van der Waals surface area contributed by atoms with Gasteiger partial charge < -0.3 is 10.2 Å². The Kier molecular flexibility index (Phi) is 4.10. The van der Waals surface area contributed by atoms with Crippen LogP contribution >= 0.6 is 0 Å². The molecule has 0 bridgehead atoms. The normalized spacial score (nSPS) is 16.9. The fourth-order valence-electron chi connectivity index (χ4n) is 1.74. The van der Waals surface area contributed by atoms with Crippen molar-refractivity contribution < 1.29 is 9.59 Å². The van der Waals surface area contributed by atoms with Crippen molar-refractivity contribution in [3.05, 3.63) is 0 Å². The lowest BCUT2D eigenvalue weighted by Crippen LogP contribution is -2.45. The van der Waals surface area contributed by atoms with Gasteiger partial charge in [0.15, 0.2) is 0 Å². The first-order chi connectivity index (χ1) is 7.13. The van der Waals surface area contributed by atoms with Crippen LogP contribution in [0.1, 0.15) is 26.2 Å². The predicted molar refractivity (Wildman–Crippen MR) is 53.6 cm³/mol. The topological polar surface area (TPSA) is 73.2 Å². The lowest BCUT2D eigenvalue weighted by molar-refractivity contribution is -0.131. The van der Waals surface area contributed by atoms with Crippen LogP contribution in [0.25, 0.3) is 0 Å². The third-order valence-electron chi connectivity index (χ3n) is 2.49. The summed E-state index contributed by atoms with van der Waals surface area (Å²) < 4.78 is 0. The molecule has 5 heteroatoms. The molecule has 5 nitrogen and oxygen atoms in total. The van der Waals surface area contributed by atoms with Crippen molar-refractivity contribution in [1.29, 1.82) is 5.26 Å². The van der Waals surface area contributed by atoms with Gasteiger partial charge in [-0.3, -0.25) is 9.59 Å². The molecule has 82 valence electrons. The van der Waals surface area contributed by atoms with E-state index < -0.39 is 0 Å². The number of rotatable bonds is 2. The van der Waals surface area contributed by atoms with Crippen molar-refractivity contribution in [2.45, 2.75) is 32.2 Å². The van der Waals surface area contributed by atoms with Crippen molar-refractivity contribution in [3.63, 3.8) is 0 Å². The number of piperidine rings is 1. The van der Waals surface area contributed by atoms with Crippen molar-refractivity contribution >= 4 is 11.8 Å². The maximum Gasteiger partial charge on any atom is 0.236 e. The number of carbonyl (C=O) groups is 2. The summed E-state index contributed by atoms with van der Waals surface area (Å²) in [5, 5.41) is 11.2. The third kappa shape index (κ3) is 3.58. The summed E-state index contributed by atoms with van der Waals surface area (Å²) in [5.41, 5.74) is 0. The number of nitrogens with zero attached hydrogens (tertiary/aromatic N) is 2. The van der Waals surface area contributed by atoms with E-state index in [9.17, 15) is 9.59 Å². The molecule has 1 saturated heterocycles. The Morgan fingerprint density at radius 2 is 2.07 bits per heavy atom. The third-order valence-corrected chi connectivity index (χ3v) is 2.49. The van der Waals surface area contributed by atoms with Crippen LogP contribution in [0.15, 0.2) is 0 Å². The molecule has 1 aliphatic heterocycles. The summed E-state index contributed by atoms with van der Waals surface area (Å²) >= 11 is 0. The molecule has 0 unspecified atom stereocenters. The maximum absolute atomic E-state index is 11.3. The quantitative estimate of drug-likeness (QED) is 0.697. The number of hydrogen-bond acceptors (Lipinski definition) is 3. The molecule has 0 radical (unpaired) electrons. The maximum atomic E-state index is 11.3. The van der Waals surface area contributed by atoms with Crippen molar-refractivity contribution in [2.75, 3.05) is 13.1 Å². The molecule has 0 aromatic rings. The average Bonchev–Trinajstić information content (AvgIpc) is 2.18. The van der Waals surface area contributed by atoms with E-state index in [0.717, 1.165) is 12.8 Å². The SMILES string of the molecule is CC(=O)NC1CCN(C(=O)CC#N)CC1. The fraction of sp³-hybridized carbons (Fsp3) is 0.700. The molecular weight excluding hydrogens is 194 g/mol. The highest BCUT2D eigenvalue weighted by Crippen LogP contribution is 2.11. The second-order valence-electron chi connectivity index (χ2n) is 3.69. The zero-order valence-electron chi connectivity index (χ0n) is 8.82. The monoisotopic (exact) mass is 209 g/mol. The van der Waals surface area contributed by atoms with Gasteiger partial charge in [-0.2, -0.15) is 5.26 Å². The average molecular weight is 209 g/mol. The van der Waals surface area contributed by atoms with Crippen LogP contribution in [0.5, 0.6) is 0 Å². The smallest absolute Gasteiger partial charge is 0.236 e. The summed E-state index contributed by atoms with van der Waals surface area (Å²) in [6, 6.07) is 2.02. The molecule has 1 N–H and O–H groups in total. The van der Waals surface area contributed by atoms with Gasteiger partial charge >= 0.3 is 0 Å². The second-order valence-corrected chi connectivity index (χ2v) is 3.69. The Morgan fingerprint density at radius 3 is 2.53 bits per heavy atom. The van der Waals surface area contributed by atoms with E-state index in [2.05, 4.69) is 5.32 Å². The summed E-state index contributed by atoms with van der Waals surface area (Å²) in [6.07, 6.45) is 1.50. The van der Waals surface area contributed by atoms with Gasteiger partial charge in [0.1, 0.15) is 6.42 Å². The largest absolute Gasteiger partial charge is 0.353 e. The van der Waals surface area contributed by atoms with E-state index in [1.807, 2.05) is 6.07 Å². The highest BCUT2D eigenvalue weighted by atomic mass is 16.2. The van der Waals surface area contributed by atoms with Crippen LogP contribution in [-0.2, 0) is 9.59 Å². The van der Waals surface area contributed by atoms with Gasteiger partial charge in [-0.1, -0.05) is 0 Å². The Hall–Kier alpha value is -1.57. The van der Waals surface area contributed by atoms with Crippen LogP contribution in [0.4, 0.5) is 0 Å². The van der Waals surface area contributed by atoms with E-state index in [1.165, 1.54) is 6.92 Å². The van der Waals surface area contributed by atoms with Gasteiger partial charge in [-0.15, -0.1) is 0 Å². The van der Waals surface area contributed by atoms with E-state index in [-0.39, 0.29) is 24.3 Å². The summed E-state index contributed by atoms with van der Waals surface area (Å²) in [7, 11) is 0. The molecule has 2 amide bonds. The molecule has 15 heavy (non-hydrogen) atoms. The van der Waals surface area contributed by atoms with Crippen LogP contribution < -0.4 is 5.32 Å². The van der Waals surface area contributed by atoms with Crippen LogP contribution in [0, 0.1) is 11.3 Å². The number of amides is 2. The van der Waals surface area contributed by atoms with Crippen LogP contribution in [0.2, 0.25) is 0 Å². The number of likely N-dealkylation sites (tertiary alicyclic amines) is 1. The van der Waals surface area contributed by atoms with Gasteiger partial charge in [0.2, 0.25) is 11.8 Å². The Labute approximate surface area is 89.0 Å². The van der Waals surface area contributed by atoms with Gasteiger partial charge in [-0.25, -0.2) is 0 Å². The van der Waals surface area contributed by atoms with Crippen LogP contribution in [0.3, 0.4) is 0 Å². The van der Waals surface area contributed by atoms with Gasteiger partial charge in [0, 0.05) is 26.1 Å². The molecule has 0 saturated carbocycles. The molecule has 0 aromatic heterocycles. The molecule has 0 aliphatic carbocycles. The highest BCUT2D eigenvalue weighted by Gasteiger charge is 2.22. The van der Waals surface area contributed by atoms with E-state index in [0.29, 0.717) is 13.1 Å².